The van der Waals surface area contributed by atoms with E-state index in [-0.39, 0.29) is 40.5 Å². The fourth-order valence-corrected chi connectivity index (χ4v) is 5.35. The van der Waals surface area contributed by atoms with E-state index in [1.54, 1.807) is 42.5 Å². The Morgan fingerprint density at radius 1 is 1.06 bits per heavy atom. The van der Waals surface area contributed by atoms with Crippen LogP contribution in [-0.2, 0) is 17.6 Å². The third-order valence-corrected chi connectivity index (χ3v) is 7.58. The first kappa shape index (κ1) is 39.9. The van der Waals surface area contributed by atoms with Crippen LogP contribution in [0.1, 0.15) is 65.1 Å². The standard InChI is InChI=1S/C33H40FN7O3.C2HF3O2/c1-6-20-15-24(28(34)27(17-20)44-19-33(2,3)18-40(4)5)25(16-21-11-13-22(14-12-21)29(35)36)31-38-32(43)41(39-31)26-10-8-7-9-23(26)30(37)42;3-2(4,5)1(6)7/h7-15,17,25H,6,16,18-19H2,1-5H3,(H3,35,36)(H2,37,42)(H,38,39,43);(H,6,7). The molecule has 0 saturated heterocycles. The van der Waals surface area contributed by atoms with Crippen LogP contribution in [-0.4, -0.2) is 75.9 Å². The van der Waals surface area contributed by atoms with Gasteiger partial charge in [-0.3, -0.25) is 15.2 Å². The van der Waals surface area contributed by atoms with Gasteiger partial charge < -0.3 is 26.2 Å². The van der Waals surface area contributed by atoms with Crippen molar-refractivity contribution >= 4 is 17.7 Å². The van der Waals surface area contributed by atoms with Gasteiger partial charge in [0.25, 0.3) is 5.91 Å². The van der Waals surface area contributed by atoms with E-state index in [9.17, 15) is 22.8 Å². The number of benzene rings is 3. The third-order valence-electron chi connectivity index (χ3n) is 7.58. The van der Waals surface area contributed by atoms with Crippen molar-refractivity contribution in [1.82, 2.24) is 19.7 Å². The Morgan fingerprint density at radius 2 is 1.67 bits per heavy atom. The SMILES string of the molecule is CCc1cc(OCC(C)(C)CN(C)C)c(F)c(C(Cc2ccc(C(=N)N)cc2)c2nn(-c3ccccc3C(N)=O)c(=O)[nH]2)c1.O=C(O)C(F)(F)F. The molecule has 4 rings (SSSR count). The Morgan fingerprint density at radius 3 is 2.20 bits per heavy atom. The number of ether oxygens (including phenoxy) is 1. The van der Waals surface area contributed by atoms with E-state index in [1.807, 2.05) is 33.2 Å². The van der Waals surface area contributed by atoms with Crippen molar-refractivity contribution in [1.29, 1.82) is 5.41 Å². The number of aromatic nitrogens is 3. The van der Waals surface area contributed by atoms with E-state index in [0.717, 1.165) is 22.4 Å². The molecule has 0 fully saturated rings. The van der Waals surface area contributed by atoms with Crippen molar-refractivity contribution in [2.75, 3.05) is 27.2 Å². The summed E-state index contributed by atoms with van der Waals surface area (Å²) in [5.74, 6) is -4.48. The van der Waals surface area contributed by atoms with Gasteiger partial charge in [0.1, 0.15) is 11.7 Å². The summed E-state index contributed by atoms with van der Waals surface area (Å²) in [4.78, 5) is 39.1. The van der Waals surface area contributed by atoms with Crippen molar-refractivity contribution < 1.29 is 37.0 Å². The summed E-state index contributed by atoms with van der Waals surface area (Å²) < 4.78 is 55.4. The molecule has 0 spiro atoms. The molecule has 12 nitrogen and oxygen atoms in total. The molecule has 1 unspecified atom stereocenters. The molecule has 0 aliphatic rings. The second kappa shape index (κ2) is 16.5. The second-order valence-corrected chi connectivity index (χ2v) is 12.8. The highest BCUT2D eigenvalue weighted by atomic mass is 19.4. The topological polar surface area (TPSA) is 193 Å². The molecule has 4 aromatic rings. The summed E-state index contributed by atoms with van der Waals surface area (Å²) in [6, 6.07) is 16.9. The van der Waals surface area contributed by atoms with Gasteiger partial charge in [-0.25, -0.2) is 14.0 Å². The van der Waals surface area contributed by atoms with Crippen LogP contribution in [0.25, 0.3) is 5.69 Å². The molecule has 16 heteroatoms. The number of carboxylic acid groups (broad SMARTS) is 1. The van der Waals surface area contributed by atoms with Gasteiger partial charge in [-0.1, -0.05) is 63.2 Å². The number of H-pyrrole nitrogens is 1. The number of carbonyl (C=O) groups excluding carboxylic acids is 1. The smallest absolute Gasteiger partial charge is 0.490 e. The molecule has 1 amide bonds. The monoisotopic (exact) mass is 715 g/mol. The van der Waals surface area contributed by atoms with Crippen LogP contribution >= 0.6 is 0 Å². The number of halogens is 4. The van der Waals surface area contributed by atoms with Crippen molar-refractivity contribution in [3.05, 3.63) is 111 Å². The van der Waals surface area contributed by atoms with Gasteiger partial charge in [0.15, 0.2) is 11.6 Å². The van der Waals surface area contributed by atoms with E-state index in [0.29, 0.717) is 24.2 Å². The van der Waals surface area contributed by atoms with Gasteiger partial charge in [0.2, 0.25) is 0 Å². The molecule has 0 radical (unpaired) electrons. The number of aryl methyl sites for hydroxylation is 1. The number of amidine groups is 1. The van der Waals surface area contributed by atoms with Gasteiger partial charge in [-0.2, -0.15) is 17.9 Å². The number of carbonyl (C=O) groups is 2. The normalized spacial score (nSPS) is 12.2. The van der Waals surface area contributed by atoms with Gasteiger partial charge in [-0.05, 0) is 56.3 Å². The number of para-hydroxylation sites is 1. The van der Waals surface area contributed by atoms with E-state index in [4.69, 9.17) is 31.5 Å². The molecule has 1 atom stereocenters. The van der Waals surface area contributed by atoms with Crippen LogP contribution in [0.2, 0.25) is 0 Å². The molecule has 51 heavy (non-hydrogen) atoms. The highest BCUT2D eigenvalue weighted by molar-refractivity contribution is 5.96. The Bertz CT molecular complexity index is 1920. The Hall–Kier alpha value is -5.51. The fourth-order valence-electron chi connectivity index (χ4n) is 5.35. The number of hydrogen-bond acceptors (Lipinski definition) is 7. The summed E-state index contributed by atoms with van der Waals surface area (Å²) in [5.41, 5.74) is 13.2. The second-order valence-electron chi connectivity index (χ2n) is 12.8. The largest absolute Gasteiger partial charge is 0.490 e. The van der Waals surface area contributed by atoms with Gasteiger partial charge >= 0.3 is 17.8 Å². The summed E-state index contributed by atoms with van der Waals surface area (Å²) in [6.07, 6.45) is -4.19. The number of carboxylic acids is 1. The first-order chi connectivity index (χ1) is 23.7. The maximum Gasteiger partial charge on any atom is 0.490 e. The number of nitrogen functional groups attached to an aromatic ring is 1. The molecular weight excluding hydrogens is 674 g/mol. The molecule has 0 saturated carbocycles. The lowest BCUT2D eigenvalue weighted by Crippen LogP contribution is -2.33. The number of nitrogens with one attached hydrogen (secondary N) is 2. The van der Waals surface area contributed by atoms with Crippen LogP contribution in [0, 0.1) is 16.6 Å². The minimum atomic E-state index is -5.08. The number of primary amides is 1. The molecule has 0 aliphatic heterocycles. The number of alkyl halides is 3. The van der Waals surface area contributed by atoms with Crippen LogP contribution < -0.4 is 21.9 Å². The maximum atomic E-state index is 16.5. The molecule has 1 heterocycles. The number of amides is 1. The van der Waals surface area contributed by atoms with Gasteiger partial charge in [0, 0.05) is 23.1 Å². The Balaban J connectivity index is 0.000000908. The van der Waals surface area contributed by atoms with E-state index >= 15 is 4.39 Å². The predicted octanol–water partition coefficient (Wildman–Crippen LogP) is 4.62. The van der Waals surface area contributed by atoms with Crippen LogP contribution in [0.3, 0.4) is 0 Å². The van der Waals surface area contributed by atoms with Crippen LogP contribution in [0.15, 0.2) is 65.5 Å². The zero-order chi connectivity index (χ0) is 38.3. The fraction of sp³-hybridized carbons (Fsp3) is 0.343. The van der Waals surface area contributed by atoms with E-state index in [2.05, 4.69) is 28.8 Å². The number of rotatable bonds is 13. The molecule has 7 N–H and O–H groups in total. The van der Waals surface area contributed by atoms with Crippen LogP contribution in [0.5, 0.6) is 5.75 Å². The highest BCUT2D eigenvalue weighted by Crippen LogP contribution is 2.35. The van der Waals surface area contributed by atoms with Crippen molar-refractivity contribution in [2.24, 2.45) is 16.9 Å². The highest BCUT2D eigenvalue weighted by Gasteiger charge is 2.38. The number of aromatic amines is 1. The lowest BCUT2D eigenvalue weighted by Gasteiger charge is -2.28. The van der Waals surface area contributed by atoms with E-state index in [1.165, 1.54) is 6.07 Å². The third kappa shape index (κ3) is 10.7. The zero-order valence-corrected chi connectivity index (χ0v) is 28.8. The lowest BCUT2D eigenvalue weighted by atomic mass is 9.89. The Kier molecular flexibility index (Phi) is 12.9. The van der Waals surface area contributed by atoms with Gasteiger partial charge in [0.05, 0.1) is 23.8 Å². The average molecular weight is 716 g/mol. The summed E-state index contributed by atoms with van der Waals surface area (Å²) >= 11 is 0. The first-order valence-corrected chi connectivity index (χ1v) is 15.7. The molecule has 3 aromatic carbocycles. The van der Waals surface area contributed by atoms with Crippen LogP contribution in [0.4, 0.5) is 17.6 Å². The minimum Gasteiger partial charge on any atom is -0.490 e. The van der Waals surface area contributed by atoms with E-state index < -0.39 is 35.5 Å². The summed E-state index contributed by atoms with van der Waals surface area (Å²) in [5, 5.41) is 19.4. The molecule has 0 bridgehead atoms. The molecule has 274 valence electrons. The molecule has 1 aromatic heterocycles. The zero-order valence-electron chi connectivity index (χ0n) is 28.8. The first-order valence-electron chi connectivity index (χ1n) is 15.7. The predicted molar refractivity (Wildman–Crippen MR) is 183 cm³/mol. The van der Waals surface area contributed by atoms with Crippen molar-refractivity contribution in [3.8, 4) is 11.4 Å². The number of nitrogens with zero attached hydrogens (tertiary/aromatic N) is 3. The quantitative estimate of drug-likeness (QED) is 0.0752. The Labute approximate surface area is 291 Å². The maximum absolute atomic E-state index is 16.5. The minimum absolute atomic E-state index is 0.0648. The number of nitrogens with two attached hydrogens (primary N) is 2. The number of hydrogen-bond donors (Lipinski definition) is 5. The lowest BCUT2D eigenvalue weighted by molar-refractivity contribution is -0.192. The molecule has 0 aliphatic carbocycles. The molecular formula is C35H41F4N7O5. The van der Waals surface area contributed by atoms with Gasteiger partial charge in [-0.15, -0.1) is 5.10 Å². The number of aliphatic carboxylic acids is 1. The summed E-state index contributed by atoms with van der Waals surface area (Å²) in [7, 11) is 3.96. The van der Waals surface area contributed by atoms with Crippen molar-refractivity contribution in [2.45, 2.75) is 45.7 Å². The van der Waals surface area contributed by atoms with Crippen molar-refractivity contribution in [3.63, 3.8) is 0 Å². The summed E-state index contributed by atoms with van der Waals surface area (Å²) in [6.45, 7) is 7.14. The average Bonchev–Trinajstić information content (AvgIpc) is 3.43.